The molecule has 150 valence electrons. The van der Waals surface area contributed by atoms with Crippen LogP contribution in [-0.2, 0) is 10.3 Å². The molecule has 0 radical (unpaired) electrons. The number of aromatic amines is 1. The zero-order chi connectivity index (χ0) is 20.0. The highest BCUT2D eigenvalue weighted by Crippen LogP contribution is 2.47. The maximum atomic E-state index is 12.8. The van der Waals surface area contributed by atoms with Gasteiger partial charge in [0.05, 0.1) is 16.8 Å². The molecule has 5 rings (SSSR count). The molecule has 2 aliphatic rings. The van der Waals surface area contributed by atoms with E-state index in [9.17, 15) is 4.79 Å². The number of nitrogens with one attached hydrogen (secondary N) is 2. The fraction of sp³-hybridized carbons (Fsp3) is 0.435. The van der Waals surface area contributed by atoms with Crippen LogP contribution >= 0.6 is 0 Å². The summed E-state index contributed by atoms with van der Waals surface area (Å²) in [7, 11) is 0. The van der Waals surface area contributed by atoms with E-state index in [1.807, 2.05) is 6.92 Å². The molecule has 3 aromatic rings. The van der Waals surface area contributed by atoms with Gasteiger partial charge in [-0.1, -0.05) is 6.07 Å². The van der Waals surface area contributed by atoms with Crippen molar-refractivity contribution in [1.29, 1.82) is 0 Å². The highest BCUT2D eigenvalue weighted by molar-refractivity contribution is 5.96. The van der Waals surface area contributed by atoms with Gasteiger partial charge in [-0.25, -0.2) is 9.97 Å². The molecule has 1 saturated carbocycles. The van der Waals surface area contributed by atoms with E-state index in [2.05, 4.69) is 45.4 Å². The van der Waals surface area contributed by atoms with Gasteiger partial charge in [-0.3, -0.25) is 4.79 Å². The number of aryl methyl sites for hydroxylation is 2. The highest BCUT2D eigenvalue weighted by Gasteiger charge is 2.46. The number of nitrogens with zero attached hydrogens (tertiary/aromatic N) is 2. The number of amides is 1. The first-order valence-corrected chi connectivity index (χ1v) is 10.4. The van der Waals surface area contributed by atoms with Crippen LogP contribution in [0.3, 0.4) is 0 Å². The maximum Gasteiger partial charge on any atom is 0.255 e. The smallest absolute Gasteiger partial charge is 0.255 e. The van der Waals surface area contributed by atoms with Crippen LogP contribution in [0.4, 0.5) is 0 Å². The van der Waals surface area contributed by atoms with E-state index in [0.29, 0.717) is 17.2 Å². The van der Waals surface area contributed by atoms with Crippen LogP contribution < -0.4 is 5.32 Å². The lowest BCUT2D eigenvalue weighted by molar-refractivity contribution is 0.0845. The van der Waals surface area contributed by atoms with Crippen molar-refractivity contribution in [3.8, 4) is 0 Å². The molecule has 3 heterocycles. The van der Waals surface area contributed by atoms with Crippen LogP contribution in [0.25, 0.3) is 10.9 Å². The van der Waals surface area contributed by atoms with Crippen molar-refractivity contribution >= 4 is 16.8 Å². The zero-order valence-corrected chi connectivity index (χ0v) is 16.9. The van der Waals surface area contributed by atoms with Gasteiger partial charge in [0.25, 0.3) is 5.91 Å². The second kappa shape index (κ2) is 6.95. The fourth-order valence-electron chi connectivity index (χ4n) is 4.55. The monoisotopic (exact) mass is 390 g/mol. The first-order chi connectivity index (χ1) is 14.1. The summed E-state index contributed by atoms with van der Waals surface area (Å²) in [4.78, 5) is 24.6. The van der Waals surface area contributed by atoms with Crippen LogP contribution in [-0.4, -0.2) is 34.1 Å². The third-order valence-electron chi connectivity index (χ3n) is 6.54. The molecule has 2 fully saturated rings. The maximum absolute atomic E-state index is 12.8. The highest BCUT2D eigenvalue weighted by atomic mass is 16.5. The van der Waals surface area contributed by atoms with Crippen molar-refractivity contribution in [2.45, 2.75) is 51.0 Å². The van der Waals surface area contributed by atoms with Crippen molar-refractivity contribution in [2.24, 2.45) is 0 Å². The van der Waals surface area contributed by atoms with E-state index >= 15 is 0 Å². The first kappa shape index (κ1) is 18.3. The van der Waals surface area contributed by atoms with Crippen molar-refractivity contribution in [3.63, 3.8) is 0 Å². The summed E-state index contributed by atoms with van der Waals surface area (Å²) >= 11 is 0. The Kier molecular flexibility index (Phi) is 4.39. The van der Waals surface area contributed by atoms with Crippen LogP contribution in [0.2, 0.25) is 0 Å². The predicted octanol–water partition coefficient (Wildman–Crippen LogP) is 3.89. The Morgan fingerprint density at radius 2 is 2.03 bits per heavy atom. The number of aromatic nitrogens is 3. The Morgan fingerprint density at radius 1 is 1.24 bits per heavy atom. The third-order valence-corrected chi connectivity index (χ3v) is 6.54. The van der Waals surface area contributed by atoms with E-state index in [-0.39, 0.29) is 11.4 Å². The molecule has 1 aliphatic heterocycles. The molecule has 0 unspecified atom stereocenters. The molecule has 0 bridgehead atoms. The lowest BCUT2D eigenvalue weighted by Crippen LogP contribution is -2.35. The molecule has 6 heteroatoms. The minimum Gasteiger partial charge on any atom is -0.381 e. The Morgan fingerprint density at radius 3 is 2.76 bits per heavy atom. The summed E-state index contributed by atoms with van der Waals surface area (Å²) in [6.45, 7) is 5.71. The number of H-pyrrole nitrogens is 1. The molecule has 2 N–H and O–H groups in total. The lowest BCUT2D eigenvalue weighted by atomic mass is 9.93. The molecular formula is C23H26N4O2. The van der Waals surface area contributed by atoms with Crippen LogP contribution in [0.5, 0.6) is 0 Å². The normalized spacial score (nSPS) is 18.7. The number of hydrogen-bond donors (Lipinski definition) is 2. The van der Waals surface area contributed by atoms with Gasteiger partial charge in [0.15, 0.2) is 0 Å². The van der Waals surface area contributed by atoms with E-state index in [0.717, 1.165) is 38.9 Å². The molecule has 6 nitrogen and oxygen atoms in total. The largest absolute Gasteiger partial charge is 0.381 e. The molecule has 0 spiro atoms. The van der Waals surface area contributed by atoms with Crippen molar-refractivity contribution in [2.75, 3.05) is 13.2 Å². The summed E-state index contributed by atoms with van der Waals surface area (Å²) in [5.41, 5.74) is 5.96. The van der Waals surface area contributed by atoms with E-state index in [4.69, 9.17) is 4.74 Å². The Bertz CT molecular complexity index is 1080. The Hall–Kier alpha value is -2.73. The SMILES string of the molecule is Cc1ncncc1C(=O)NC1(c2ccc3[nH]c(C4CCOCC4)c(C)c3c2)CC1. The number of ether oxygens (including phenoxy) is 1. The zero-order valence-electron chi connectivity index (χ0n) is 16.9. The van der Waals surface area contributed by atoms with Gasteiger partial charge < -0.3 is 15.0 Å². The van der Waals surface area contributed by atoms with Gasteiger partial charge in [0.1, 0.15) is 6.33 Å². The Labute approximate surface area is 170 Å². The number of carbonyl (C=O) groups is 1. The molecule has 29 heavy (non-hydrogen) atoms. The number of carbonyl (C=O) groups excluding carboxylic acids is 1. The molecule has 1 amide bonds. The number of hydrogen-bond acceptors (Lipinski definition) is 4. The summed E-state index contributed by atoms with van der Waals surface area (Å²) in [6.07, 6.45) is 7.10. The number of benzene rings is 1. The number of rotatable bonds is 4. The summed E-state index contributed by atoms with van der Waals surface area (Å²) in [5.74, 6) is 0.435. The van der Waals surface area contributed by atoms with Crippen LogP contribution in [0, 0.1) is 13.8 Å². The van der Waals surface area contributed by atoms with Gasteiger partial charge in [-0.15, -0.1) is 0 Å². The second-order valence-electron chi connectivity index (χ2n) is 8.37. The topological polar surface area (TPSA) is 79.9 Å². The van der Waals surface area contributed by atoms with Crippen molar-refractivity contribution in [1.82, 2.24) is 20.3 Å². The average molecular weight is 390 g/mol. The average Bonchev–Trinajstić information content (AvgIpc) is 3.45. The minimum atomic E-state index is -0.282. The Balaban J connectivity index is 1.45. The molecular weight excluding hydrogens is 364 g/mol. The van der Waals surface area contributed by atoms with E-state index in [1.165, 1.54) is 34.1 Å². The second-order valence-corrected chi connectivity index (χ2v) is 8.37. The first-order valence-electron chi connectivity index (χ1n) is 10.4. The molecule has 1 saturated heterocycles. The van der Waals surface area contributed by atoms with Gasteiger partial charge in [0, 0.05) is 41.9 Å². The summed E-state index contributed by atoms with van der Waals surface area (Å²) < 4.78 is 5.53. The van der Waals surface area contributed by atoms with E-state index in [1.54, 1.807) is 6.20 Å². The van der Waals surface area contributed by atoms with Crippen molar-refractivity contribution in [3.05, 3.63) is 58.8 Å². The number of fused-ring (bicyclic) bond motifs is 1. The summed E-state index contributed by atoms with van der Waals surface area (Å²) in [5, 5.41) is 4.50. The minimum absolute atomic E-state index is 0.102. The van der Waals surface area contributed by atoms with Crippen LogP contribution in [0.1, 0.15) is 64.5 Å². The van der Waals surface area contributed by atoms with Gasteiger partial charge in [-0.2, -0.15) is 0 Å². The van der Waals surface area contributed by atoms with Gasteiger partial charge >= 0.3 is 0 Å². The standard InChI is InChI=1S/C23H26N4O2/c1-14-18-11-17(3-4-20(18)26-21(14)16-5-9-29-10-6-16)23(7-8-23)27-22(28)19-12-24-13-25-15(19)2/h3-4,11-13,16,26H,5-10H2,1-2H3,(H,27,28). The van der Waals surface area contributed by atoms with Gasteiger partial charge in [0.2, 0.25) is 0 Å². The third kappa shape index (κ3) is 3.21. The van der Waals surface area contributed by atoms with Crippen molar-refractivity contribution < 1.29 is 9.53 Å². The predicted molar refractivity (Wildman–Crippen MR) is 111 cm³/mol. The fourth-order valence-corrected chi connectivity index (χ4v) is 4.55. The van der Waals surface area contributed by atoms with E-state index < -0.39 is 0 Å². The van der Waals surface area contributed by atoms with Gasteiger partial charge in [-0.05, 0) is 62.8 Å². The lowest BCUT2D eigenvalue weighted by Gasteiger charge is -2.21. The molecule has 1 aromatic carbocycles. The molecule has 0 atom stereocenters. The quantitative estimate of drug-likeness (QED) is 0.708. The molecule has 2 aromatic heterocycles. The molecule has 1 aliphatic carbocycles. The van der Waals surface area contributed by atoms with Crippen LogP contribution in [0.15, 0.2) is 30.7 Å². The summed E-state index contributed by atoms with van der Waals surface area (Å²) in [6, 6.07) is 6.56.